The predicted octanol–water partition coefficient (Wildman–Crippen LogP) is 3.59. The molecule has 112 valence electrons. The molecule has 2 aromatic rings. The van der Waals surface area contributed by atoms with Crippen LogP contribution in [0.15, 0.2) is 42.9 Å². The van der Waals surface area contributed by atoms with Gasteiger partial charge >= 0.3 is 0 Å². The molecule has 21 heavy (non-hydrogen) atoms. The summed E-state index contributed by atoms with van der Waals surface area (Å²) in [5.41, 5.74) is 1.73. The summed E-state index contributed by atoms with van der Waals surface area (Å²) < 4.78 is 1.98. The third-order valence-corrected chi connectivity index (χ3v) is 3.56. The van der Waals surface area contributed by atoms with E-state index >= 15 is 0 Å². The normalized spacial score (nSPS) is 12.7. The molecule has 4 nitrogen and oxygen atoms in total. The maximum Gasteiger partial charge on any atom is 0.268 e. The minimum atomic E-state index is -0.0451. The van der Waals surface area contributed by atoms with Crippen molar-refractivity contribution in [3.63, 3.8) is 0 Å². The van der Waals surface area contributed by atoms with Crippen LogP contribution in [0, 0.1) is 5.92 Å². The second kappa shape index (κ2) is 6.57. The Morgan fingerprint density at radius 1 is 1.19 bits per heavy atom. The molecule has 0 aliphatic carbocycles. The van der Waals surface area contributed by atoms with Gasteiger partial charge in [-0.15, -0.1) is 0 Å². The standard InChI is InChI=1S/C17H23N3O/c1-12(2)16(14-7-5-9-18-11-14)19-17(21)15-8-6-10-20(15)13(3)4/h5-13,16H,1-4H3,(H,19,21)/t16-/m0/s1. The van der Waals surface area contributed by atoms with Crippen LogP contribution in [0.5, 0.6) is 0 Å². The average Bonchev–Trinajstić information content (AvgIpc) is 2.94. The lowest BCUT2D eigenvalue weighted by molar-refractivity contribution is 0.0914. The summed E-state index contributed by atoms with van der Waals surface area (Å²) in [6.45, 7) is 8.33. The number of rotatable bonds is 5. The van der Waals surface area contributed by atoms with Gasteiger partial charge in [0.1, 0.15) is 5.69 Å². The topological polar surface area (TPSA) is 46.9 Å². The van der Waals surface area contributed by atoms with E-state index in [2.05, 4.69) is 38.0 Å². The highest BCUT2D eigenvalue weighted by Crippen LogP contribution is 2.21. The highest BCUT2D eigenvalue weighted by molar-refractivity contribution is 5.93. The maximum absolute atomic E-state index is 12.6. The molecule has 0 spiro atoms. The van der Waals surface area contributed by atoms with Gasteiger partial charge in [0.25, 0.3) is 5.91 Å². The van der Waals surface area contributed by atoms with Crippen molar-refractivity contribution in [3.8, 4) is 0 Å². The molecule has 0 saturated heterocycles. The minimum absolute atomic E-state index is 0.0401. The summed E-state index contributed by atoms with van der Waals surface area (Å²) in [6, 6.07) is 7.88. The molecule has 0 aliphatic heterocycles. The Balaban J connectivity index is 2.21. The van der Waals surface area contributed by atoms with Gasteiger partial charge in [0.2, 0.25) is 0 Å². The number of hydrogen-bond donors (Lipinski definition) is 1. The van der Waals surface area contributed by atoms with Crippen molar-refractivity contribution in [2.24, 2.45) is 5.92 Å². The molecule has 0 aromatic carbocycles. The third-order valence-electron chi connectivity index (χ3n) is 3.56. The molecule has 2 heterocycles. The van der Waals surface area contributed by atoms with Gasteiger partial charge in [-0.1, -0.05) is 19.9 Å². The van der Waals surface area contributed by atoms with Gasteiger partial charge in [0.05, 0.1) is 6.04 Å². The van der Waals surface area contributed by atoms with Crippen LogP contribution in [0.3, 0.4) is 0 Å². The smallest absolute Gasteiger partial charge is 0.268 e. The fourth-order valence-electron chi connectivity index (χ4n) is 2.45. The van der Waals surface area contributed by atoms with Gasteiger partial charge in [-0.25, -0.2) is 0 Å². The number of pyridine rings is 1. The zero-order valence-corrected chi connectivity index (χ0v) is 13.1. The molecule has 0 fully saturated rings. The number of amides is 1. The van der Waals surface area contributed by atoms with Crippen LogP contribution in [0.25, 0.3) is 0 Å². The van der Waals surface area contributed by atoms with Crippen molar-refractivity contribution < 1.29 is 4.79 Å². The van der Waals surface area contributed by atoms with Crippen LogP contribution < -0.4 is 5.32 Å². The van der Waals surface area contributed by atoms with Gasteiger partial charge in [-0.3, -0.25) is 9.78 Å². The first-order chi connectivity index (χ1) is 10.0. The van der Waals surface area contributed by atoms with Gasteiger partial charge in [0, 0.05) is 24.6 Å². The lowest BCUT2D eigenvalue weighted by Crippen LogP contribution is -2.33. The molecular weight excluding hydrogens is 262 g/mol. The molecule has 2 rings (SSSR count). The van der Waals surface area contributed by atoms with E-state index in [1.54, 1.807) is 6.20 Å². The zero-order chi connectivity index (χ0) is 15.4. The number of nitrogens with zero attached hydrogens (tertiary/aromatic N) is 2. The van der Waals surface area contributed by atoms with Crippen molar-refractivity contribution in [2.75, 3.05) is 0 Å². The van der Waals surface area contributed by atoms with Crippen LogP contribution in [0.4, 0.5) is 0 Å². The molecule has 0 bridgehead atoms. The molecule has 0 radical (unpaired) electrons. The zero-order valence-electron chi connectivity index (χ0n) is 13.1. The Bertz CT molecular complexity index is 587. The van der Waals surface area contributed by atoms with Crippen LogP contribution in [0.2, 0.25) is 0 Å². The van der Waals surface area contributed by atoms with E-state index in [4.69, 9.17) is 0 Å². The molecule has 0 unspecified atom stereocenters. The van der Waals surface area contributed by atoms with Crippen LogP contribution in [-0.2, 0) is 0 Å². The number of carbonyl (C=O) groups excluding carboxylic acids is 1. The molecule has 1 amide bonds. The average molecular weight is 285 g/mol. The summed E-state index contributed by atoms with van der Waals surface area (Å²) in [7, 11) is 0. The molecule has 0 saturated carbocycles. The molecule has 1 N–H and O–H groups in total. The Labute approximate surface area is 126 Å². The quantitative estimate of drug-likeness (QED) is 0.912. The minimum Gasteiger partial charge on any atom is -0.344 e. The van der Waals surface area contributed by atoms with E-state index in [0.29, 0.717) is 11.6 Å². The fourth-order valence-corrected chi connectivity index (χ4v) is 2.45. The Kier molecular flexibility index (Phi) is 4.78. The molecular formula is C17H23N3O. The van der Waals surface area contributed by atoms with E-state index in [9.17, 15) is 4.79 Å². The van der Waals surface area contributed by atoms with E-state index in [1.807, 2.05) is 41.2 Å². The Morgan fingerprint density at radius 3 is 2.52 bits per heavy atom. The second-order valence-electron chi connectivity index (χ2n) is 5.88. The largest absolute Gasteiger partial charge is 0.344 e. The molecule has 0 aliphatic rings. The van der Waals surface area contributed by atoms with E-state index in [-0.39, 0.29) is 18.0 Å². The van der Waals surface area contributed by atoms with E-state index < -0.39 is 0 Å². The monoisotopic (exact) mass is 285 g/mol. The van der Waals surface area contributed by atoms with Crippen molar-refractivity contribution in [1.29, 1.82) is 0 Å². The van der Waals surface area contributed by atoms with Crippen molar-refractivity contribution in [1.82, 2.24) is 14.9 Å². The van der Waals surface area contributed by atoms with Crippen molar-refractivity contribution in [3.05, 3.63) is 54.1 Å². The van der Waals surface area contributed by atoms with Gasteiger partial charge in [-0.05, 0) is 43.5 Å². The van der Waals surface area contributed by atoms with E-state index in [1.165, 1.54) is 0 Å². The lowest BCUT2D eigenvalue weighted by Gasteiger charge is -2.23. The summed E-state index contributed by atoms with van der Waals surface area (Å²) in [6.07, 6.45) is 5.49. The first-order valence-electron chi connectivity index (χ1n) is 7.38. The fraction of sp³-hybridized carbons (Fsp3) is 0.412. The number of nitrogens with one attached hydrogen (secondary N) is 1. The van der Waals surface area contributed by atoms with Gasteiger partial charge < -0.3 is 9.88 Å². The Hall–Kier alpha value is -2.10. The molecule has 1 atom stereocenters. The number of aromatic nitrogens is 2. The first kappa shape index (κ1) is 15.3. The highest BCUT2D eigenvalue weighted by atomic mass is 16.2. The van der Waals surface area contributed by atoms with Crippen LogP contribution >= 0.6 is 0 Å². The summed E-state index contributed by atoms with van der Waals surface area (Å²) >= 11 is 0. The third kappa shape index (κ3) is 3.51. The Morgan fingerprint density at radius 2 is 1.95 bits per heavy atom. The predicted molar refractivity (Wildman–Crippen MR) is 84.1 cm³/mol. The lowest BCUT2D eigenvalue weighted by atomic mass is 9.97. The van der Waals surface area contributed by atoms with Crippen LogP contribution in [-0.4, -0.2) is 15.5 Å². The van der Waals surface area contributed by atoms with Crippen molar-refractivity contribution >= 4 is 5.91 Å². The second-order valence-corrected chi connectivity index (χ2v) is 5.88. The summed E-state index contributed by atoms with van der Waals surface area (Å²) in [5, 5.41) is 3.13. The summed E-state index contributed by atoms with van der Waals surface area (Å²) in [4.78, 5) is 16.7. The maximum atomic E-state index is 12.6. The number of hydrogen-bond acceptors (Lipinski definition) is 2. The first-order valence-corrected chi connectivity index (χ1v) is 7.38. The molecule has 2 aromatic heterocycles. The SMILES string of the molecule is CC(C)[C@H](NC(=O)c1cccn1C(C)C)c1cccnc1. The van der Waals surface area contributed by atoms with Crippen LogP contribution in [0.1, 0.15) is 55.8 Å². The summed E-state index contributed by atoms with van der Waals surface area (Å²) in [5.74, 6) is 0.247. The van der Waals surface area contributed by atoms with Gasteiger partial charge in [0.15, 0.2) is 0 Å². The molecule has 4 heteroatoms. The number of carbonyl (C=O) groups is 1. The van der Waals surface area contributed by atoms with Crippen molar-refractivity contribution in [2.45, 2.75) is 39.8 Å². The van der Waals surface area contributed by atoms with E-state index in [0.717, 1.165) is 5.56 Å². The highest BCUT2D eigenvalue weighted by Gasteiger charge is 2.21. The van der Waals surface area contributed by atoms with Gasteiger partial charge in [-0.2, -0.15) is 0 Å².